The molecule has 1 unspecified atom stereocenters. The summed E-state index contributed by atoms with van der Waals surface area (Å²) in [5, 5.41) is 4.17. The summed E-state index contributed by atoms with van der Waals surface area (Å²) in [6.45, 7) is 4.11. The molecule has 1 aromatic heterocycles. The summed E-state index contributed by atoms with van der Waals surface area (Å²) in [4.78, 5) is 2.43. The van der Waals surface area contributed by atoms with Gasteiger partial charge in [-0.2, -0.15) is 5.10 Å². The van der Waals surface area contributed by atoms with E-state index in [0.717, 1.165) is 26.2 Å². The second-order valence-corrected chi connectivity index (χ2v) is 4.30. The predicted octanol–water partition coefficient (Wildman–Crippen LogP) is 0.576. The van der Waals surface area contributed by atoms with Crippen LogP contribution in [0, 0.1) is 0 Å². The van der Waals surface area contributed by atoms with Crippen molar-refractivity contribution in [3.63, 3.8) is 0 Å². The van der Waals surface area contributed by atoms with Gasteiger partial charge in [0.05, 0.1) is 12.6 Å². The lowest BCUT2D eigenvalue weighted by Crippen LogP contribution is -2.40. The summed E-state index contributed by atoms with van der Waals surface area (Å²) in [5.74, 6) is 0.591. The molecule has 1 saturated heterocycles. The molecule has 0 aliphatic carbocycles. The van der Waals surface area contributed by atoms with Crippen LogP contribution in [0.1, 0.15) is 12.8 Å². The van der Waals surface area contributed by atoms with E-state index in [1.54, 1.807) is 7.11 Å². The minimum atomic E-state index is 0.399. The highest BCUT2D eigenvalue weighted by Crippen LogP contribution is 2.12. The summed E-state index contributed by atoms with van der Waals surface area (Å²) in [5.41, 5.74) is 5.57. The Balaban J connectivity index is 1.77. The lowest BCUT2D eigenvalue weighted by molar-refractivity contribution is 0.0300. The molecule has 2 N–H and O–H groups in total. The van der Waals surface area contributed by atoms with Crippen molar-refractivity contribution in [2.45, 2.75) is 25.5 Å². The van der Waals surface area contributed by atoms with E-state index in [2.05, 4.69) is 10.00 Å². The molecule has 90 valence electrons. The van der Waals surface area contributed by atoms with E-state index in [1.807, 2.05) is 16.9 Å². The van der Waals surface area contributed by atoms with Gasteiger partial charge in [0.25, 0.3) is 0 Å². The number of likely N-dealkylation sites (tertiary alicyclic amines) is 1. The predicted molar refractivity (Wildman–Crippen MR) is 63.1 cm³/mol. The molecule has 0 amide bonds. The third-order valence-electron chi connectivity index (χ3n) is 3.10. The highest BCUT2D eigenvalue weighted by Gasteiger charge is 2.18. The van der Waals surface area contributed by atoms with Gasteiger partial charge in [0.15, 0.2) is 0 Å². The number of aromatic nitrogens is 2. The van der Waals surface area contributed by atoms with Crippen molar-refractivity contribution >= 4 is 5.82 Å². The Hall–Kier alpha value is -1.07. The smallest absolute Gasteiger partial charge is 0.145 e. The second kappa shape index (κ2) is 5.32. The Morgan fingerprint density at radius 1 is 1.56 bits per heavy atom. The number of piperidine rings is 1. The molecule has 0 saturated carbocycles. The Labute approximate surface area is 96.2 Å². The second-order valence-electron chi connectivity index (χ2n) is 4.30. The van der Waals surface area contributed by atoms with Crippen LogP contribution in [0.3, 0.4) is 0 Å². The zero-order valence-electron chi connectivity index (χ0n) is 9.80. The van der Waals surface area contributed by atoms with Crippen LogP contribution in [0.15, 0.2) is 12.3 Å². The summed E-state index contributed by atoms with van der Waals surface area (Å²) in [6.07, 6.45) is 4.73. The van der Waals surface area contributed by atoms with Gasteiger partial charge < -0.3 is 10.5 Å². The molecule has 0 aromatic carbocycles. The molecule has 0 bridgehead atoms. The first-order valence-electron chi connectivity index (χ1n) is 5.82. The summed E-state index contributed by atoms with van der Waals surface area (Å²) < 4.78 is 7.29. The van der Waals surface area contributed by atoms with Gasteiger partial charge in [-0.25, -0.2) is 0 Å². The summed E-state index contributed by atoms with van der Waals surface area (Å²) >= 11 is 0. The van der Waals surface area contributed by atoms with Gasteiger partial charge >= 0.3 is 0 Å². The number of ether oxygens (including phenoxy) is 1. The number of rotatable bonds is 4. The average molecular weight is 224 g/mol. The highest BCUT2D eigenvalue weighted by molar-refractivity contribution is 5.23. The third kappa shape index (κ3) is 2.96. The molecule has 5 nitrogen and oxygen atoms in total. The van der Waals surface area contributed by atoms with Crippen molar-refractivity contribution in [3.8, 4) is 0 Å². The number of anilines is 1. The van der Waals surface area contributed by atoms with Gasteiger partial charge in [0.2, 0.25) is 0 Å². The number of methoxy groups -OCH3 is 1. The largest absolute Gasteiger partial charge is 0.382 e. The molecule has 0 spiro atoms. The van der Waals surface area contributed by atoms with E-state index < -0.39 is 0 Å². The van der Waals surface area contributed by atoms with Crippen molar-refractivity contribution in [1.82, 2.24) is 14.7 Å². The number of hydrogen-bond donors (Lipinski definition) is 1. The lowest BCUT2D eigenvalue weighted by atomic mass is 10.1. The summed E-state index contributed by atoms with van der Waals surface area (Å²) in [7, 11) is 1.79. The number of nitrogen functional groups attached to an aromatic ring is 1. The van der Waals surface area contributed by atoms with Crippen LogP contribution in [0.5, 0.6) is 0 Å². The molecule has 0 radical (unpaired) electrons. The van der Waals surface area contributed by atoms with Crippen LogP contribution in [0.4, 0.5) is 5.82 Å². The molecule has 1 aliphatic heterocycles. The van der Waals surface area contributed by atoms with E-state index in [9.17, 15) is 0 Å². The molecule has 1 aliphatic rings. The quantitative estimate of drug-likeness (QED) is 0.812. The van der Waals surface area contributed by atoms with Gasteiger partial charge in [-0.15, -0.1) is 0 Å². The van der Waals surface area contributed by atoms with Crippen LogP contribution in [0.2, 0.25) is 0 Å². The minimum absolute atomic E-state index is 0.399. The normalized spacial score (nSPS) is 22.4. The zero-order chi connectivity index (χ0) is 11.4. The Kier molecular flexibility index (Phi) is 3.79. The number of hydrogen-bond acceptors (Lipinski definition) is 4. The molecular formula is C11H20N4O. The molecule has 1 aromatic rings. The van der Waals surface area contributed by atoms with Crippen LogP contribution in [-0.4, -0.2) is 47.5 Å². The molecule has 5 heteroatoms. The van der Waals surface area contributed by atoms with E-state index in [4.69, 9.17) is 10.5 Å². The fourth-order valence-electron chi connectivity index (χ4n) is 2.15. The standard InChI is InChI=1S/C11H20N4O/c1-16-10-3-2-5-14(9-10)7-8-15-6-4-11(12)13-15/h4,6,10H,2-3,5,7-9H2,1H3,(H2,12,13). The molecule has 2 heterocycles. The van der Waals surface area contributed by atoms with E-state index in [-0.39, 0.29) is 0 Å². The van der Waals surface area contributed by atoms with Crippen LogP contribution in [-0.2, 0) is 11.3 Å². The zero-order valence-corrected chi connectivity index (χ0v) is 9.80. The van der Waals surface area contributed by atoms with Gasteiger partial charge in [0, 0.05) is 26.4 Å². The Bertz CT molecular complexity index is 326. The maximum absolute atomic E-state index is 5.57. The monoisotopic (exact) mass is 224 g/mol. The molecule has 16 heavy (non-hydrogen) atoms. The van der Waals surface area contributed by atoms with Gasteiger partial charge in [-0.05, 0) is 25.5 Å². The van der Waals surface area contributed by atoms with Crippen molar-refractivity contribution in [3.05, 3.63) is 12.3 Å². The van der Waals surface area contributed by atoms with Crippen molar-refractivity contribution in [2.75, 3.05) is 32.5 Å². The lowest BCUT2D eigenvalue weighted by Gasteiger charge is -2.31. The van der Waals surface area contributed by atoms with Crippen LogP contribution in [0.25, 0.3) is 0 Å². The van der Waals surface area contributed by atoms with Crippen LogP contribution >= 0.6 is 0 Å². The van der Waals surface area contributed by atoms with Gasteiger partial charge in [-0.1, -0.05) is 0 Å². The maximum atomic E-state index is 5.57. The first-order chi connectivity index (χ1) is 7.78. The molecule has 1 atom stereocenters. The first kappa shape index (κ1) is 11.4. The Morgan fingerprint density at radius 3 is 3.12 bits per heavy atom. The molecule has 1 fully saturated rings. The average Bonchev–Trinajstić information content (AvgIpc) is 2.73. The molecular weight excluding hydrogens is 204 g/mol. The highest BCUT2D eigenvalue weighted by atomic mass is 16.5. The summed E-state index contributed by atoms with van der Waals surface area (Å²) in [6, 6.07) is 1.83. The van der Waals surface area contributed by atoms with Crippen molar-refractivity contribution < 1.29 is 4.74 Å². The fourth-order valence-corrected chi connectivity index (χ4v) is 2.15. The van der Waals surface area contributed by atoms with Crippen LogP contribution < -0.4 is 5.73 Å². The van der Waals surface area contributed by atoms with E-state index in [1.165, 1.54) is 12.8 Å². The van der Waals surface area contributed by atoms with Gasteiger partial charge in [0.1, 0.15) is 5.82 Å². The Morgan fingerprint density at radius 2 is 2.44 bits per heavy atom. The van der Waals surface area contributed by atoms with Gasteiger partial charge in [-0.3, -0.25) is 9.58 Å². The fraction of sp³-hybridized carbons (Fsp3) is 0.727. The molecule has 2 rings (SSSR count). The minimum Gasteiger partial charge on any atom is -0.382 e. The third-order valence-corrected chi connectivity index (χ3v) is 3.10. The van der Waals surface area contributed by atoms with Crippen molar-refractivity contribution in [2.24, 2.45) is 0 Å². The number of nitrogens with zero attached hydrogens (tertiary/aromatic N) is 3. The van der Waals surface area contributed by atoms with Crippen molar-refractivity contribution in [1.29, 1.82) is 0 Å². The SMILES string of the molecule is COC1CCCN(CCn2ccc(N)n2)C1. The van der Waals surface area contributed by atoms with E-state index >= 15 is 0 Å². The topological polar surface area (TPSA) is 56.3 Å². The first-order valence-corrected chi connectivity index (χ1v) is 5.82. The number of nitrogens with two attached hydrogens (primary N) is 1. The maximum Gasteiger partial charge on any atom is 0.145 e. The van der Waals surface area contributed by atoms with E-state index in [0.29, 0.717) is 11.9 Å².